The van der Waals surface area contributed by atoms with Gasteiger partial charge in [-0.1, -0.05) is 24.2 Å². The standard InChI is InChI=1S/C16H26N8O2/c1-12(2)15-18-14(20-26-15)11-22(3)16(25)13-10-24(21-19-13)9-8-23-6-4-17-5-7-23/h10,12,17H,4-9,11H2,1-3H3. The molecular weight excluding hydrogens is 336 g/mol. The first-order valence-electron chi connectivity index (χ1n) is 8.94. The van der Waals surface area contributed by atoms with Crippen molar-refractivity contribution in [3.8, 4) is 0 Å². The van der Waals surface area contributed by atoms with Crippen molar-refractivity contribution in [1.29, 1.82) is 0 Å². The maximum atomic E-state index is 12.5. The summed E-state index contributed by atoms with van der Waals surface area (Å²) in [5, 5.41) is 15.3. The molecular formula is C16H26N8O2. The monoisotopic (exact) mass is 362 g/mol. The number of nitrogens with zero attached hydrogens (tertiary/aromatic N) is 7. The van der Waals surface area contributed by atoms with Crippen LogP contribution in [-0.2, 0) is 13.1 Å². The zero-order chi connectivity index (χ0) is 18.5. The first-order chi connectivity index (χ1) is 12.5. The summed E-state index contributed by atoms with van der Waals surface area (Å²) < 4.78 is 6.88. The van der Waals surface area contributed by atoms with Gasteiger partial charge in [-0.3, -0.25) is 14.4 Å². The van der Waals surface area contributed by atoms with Gasteiger partial charge in [-0.25, -0.2) is 0 Å². The normalized spacial score (nSPS) is 15.5. The van der Waals surface area contributed by atoms with Crippen LogP contribution in [-0.4, -0.2) is 80.6 Å². The van der Waals surface area contributed by atoms with Crippen molar-refractivity contribution in [2.75, 3.05) is 39.8 Å². The number of aromatic nitrogens is 5. The molecule has 1 N–H and O–H groups in total. The van der Waals surface area contributed by atoms with Crippen molar-refractivity contribution in [3.05, 3.63) is 23.6 Å². The molecule has 1 amide bonds. The van der Waals surface area contributed by atoms with Gasteiger partial charge in [0.15, 0.2) is 11.5 Å². The van der Waals surface area contributed by atoms with Gasteiger partial charge in [0.2, 0.25) is 5.89 Å². The number of piperazine rings is 1. The molecule has 142 valence electrons. The Hall–Kier alpha value is -2.33. The highest BCUT2D eigenvalue weighted by Gasteiger charge is 2.19. The van der Waals surface area contributed by atoms with Crippen LogP contribution in [0.25, 0.3) is 0 Å². The van der Waals surface area contributed by atoms with E-state index >= 15 is 0 Å². The molecule has 1 aliphatic rings. The fourth-order valence-corrected chi connectivity index (χ4v) is 2.73. The summed E-state index contributed by atoms with van der Waals surface area (Å²) >= 11 is 0. The van der Waals surface area contributed by atoms with Crippen molar-refractivity contribution in [1.82, 2.24) is 40.3 Å². The van der Waals surface area contributed by atoms with Crippen LogP contribution in [0.15, 0.2) is 10.7 Å². The van der Waals surface area contributed by atoms with Gasteiger partial charge in [-0.2, -0.15) is 4.98 Å². The minimum atomic E-state index is -0.214. The lowest BCUT2D eigenvalue weighted by Crippen LogP contribution is -2.44. The molecule has 2 aromatic rings. The van der Waals surface area contributed by atoms with E-state index in [0.717, 1.165) is 32.7 Å². The first-order valence-corrected chi connectivity index (χ1v) is 8.94. The molecule has 0 bridgehead atoms. The van der Waals surface area contributed by atoms with E-state index in [1.807, 2.05) is 13.8 Å². The molecule has 1 saturated heterocycles. The van der Waals surface area contributed by atoms with Crippen LogP contribution in [0.5, 0.6) is 0 Å². The van der Waals surface area contributed by atoms with Crippen LogP contribution >= 0.6 is 0 Å². The van der Waals surface area contributed by atoms with Crippen molar-refractivity contribution in [3.63, 3.8) is 0 Å². The van der Waals surface area contributed by atoms with Crippen LogP contribution in [0.1, 0.15) is 42.0 Å². The van der Waals surface area contributed by atoms with Gasteiger partial charge < -0.3 is 14.7 Å². The molecule has 2 aromatic heterocycles. The fraction of sp³-hybridized carbons (Fsp3) is 0.688. The quantitative estimate of drug-likeness (QED) is 0.732. The average molecular weight is 362 g/mol. The van der Waals surface area contributed by atoms with E-state index in [-0.39, 0.29) is 18.4 Å². The number of nitrogens with one attached hydrogen (secondary N) is 1. The molecule has 10 heteroatoms. The van der Waals surface area contributed by atoms with E-state index in [1.54, 1.807) is 17.9 Å². The lowest BCUT2D eigenvalue weighted by atomic mass is 10.2. The largest absolute Gasteiger partial charge is 0.339 e. The minimum Gasteiger partial charge on any atom is -0.339 e. The molecule has 0 saturated carbocycles. The molecule has 26 heavy (non-hydrogen) atoms. The summed E-state index contributed by atoms with van der Waals surface area (Å²) in [6.45, 7) is 9.93. The molecule has 0 aliphatic carbocycles. The molecule has 0 radical (unpaired) electrons. The number of amides is 1. The number of hydrogen-bond donors (Lipinski definition) is 1. The predicted molar refractivity (Wildman–Crippen MR) is 93.5 cm³/mol. The molecule has 10 nitrogen and oxygen atoms in total. The van der Waals surface area contributed by atoms with Crippen LogP contribution < -0.4 is 5.32 Å². The fourth-order valence-electron chi connectivity index (χ4n) is 2.73. The Morgan fingerprint density at radius 3 is 2.81 bits per heavy atom. The third-order valence-corrected chi connectivity index (χ3v) is 4.32. The zero-order valence-electron chi connectivity index (χ0n) is 15.6. The molecule has 0 aromatic carbocycles. The molecule has 1 aliphatic heterocycles. The number of carbonyl (C=O) groups excluding carboxylic acids is 1. The Balaban J connectivity index is 1.52. The maximum absolute atomic E-state index is 12.5. The second-order valence-electron chi connectivity index (χ2n) is 6.82. The van der Waals surface area contributed by atoms with E-state index < -0.39 is 0 Å². The second kappa shape index (κ2) is 8.37. The predicted octanol–water partition coefficient (Wildman–Crippen LogP) is -0.0381. The van der Waals surface area contributed by atoms with Crippen LogP contribution in [0.2, 0.25) is 0 Å². The second-order valence-corrected chi connectivity index (χ2v) is 6.82. The smallest absolute Gasteiger partial charge is 0.276 e. The number of rotatable bonds is 7. The van der Waals surface area contributed by atoms with E-state index in [4.69, 9.17) is 4.52 Å². The van der Waals surface area contributed by atoms with Gasteiger partial charge in [0.1, 0.15) is 0 Å². The number of carbonyl (C=O) groups is 1. The summed E-state index contributed by atoms with van der Waals surface area (Å²) in [4.78, 5) is 20.7. The molecule has 3 rings (SSSR count). The van der Waals surface area contributed by atoms with E-state index in [1.165, 1.54) is 4.90 Å². The lowest BCUT2D eigenvalue weighted by molar-refractivity contribution is 0.0774. The SMILES string of the molecule is CC(C)c1nc(CN(C)C(=O)c2cn(CCN3CCNCC3)nn2)no1. The van der Waals surface area contributed by atoms with E-state index in [9.17, 15) is 4.79 Å². The number of hydrogen-bond acceptors (Lipinski definition) is 8. The lowest BCUT2D eigenvalue weighted by Gasteiger charge is -2.26. The topological polar surface area (TPSA) is 105 Å². The van der Waals surface area contributed by atoms with Gasteiger partial charge >= 0.3 is 0 Å². The van der Waals surface area contributed by atoms with Crippen molar-refractivity contribution in [2.24, 2.45) is 0 Å². The van der Waals surface area contributed by atoms with Gasteiger partial charge in [-0.15, -0.1) is 5.10 Å². The summed E-state index contributed by atoms with van der Waals surface area (Å²) in [6.07, 6.45) is 1.69. The van der Waals surface area contributed by atoms with Crippen LogP contribution in [0.3, 0.4) is 0 Å². The molecule has 0 spiro atoms. The summed E-state index contributed by atoms with van der Waals surface area (Å²) in [6, 6.07) is 0. The minimum absolute atomic E-state index is 0.160. The Labute approximate surface area is 152 Å². The zero-order valence-corrected chi connectivity index (χ0v) is 15.6. The molecule has 3 heterocycles. The molecule has 1 fully saturated rings. The van der Waals surface area contributed by atoms with Gasteiger partial charge in [0.05, 0.1) is 19.3 Å². The Morgan fingerprint density at radius 2 is 2.12 bits per heavy atom. The average Bonchev–Trinajstić information content (AvgIpc) is 3.30. The highest BCUT2D eigenvalue weighted by atomic mass is 16.5. The third kappa shape index (κ3) is 4.64. The maximum Gasteiger partial charge on any atom is 0.276 e. The first kappa shape index (κ1) is 18.5. The molecule has 0 unspecified atom stereocenters. The van der Waals surface area contributed by atoms with E-state index in [0.29, 0.717) is 24.0 Å². The highest BCUT2D eigenvalue weighted by Crippen LogP contribution is 2.12. The summed E-state index contributed by atoms with van der Waals surface area (Å²) in [5.41, 5.74) is 0.320. The van der Waals surface area contributed by atoms with Crippen LogP contribution in [0, 0.1) is 0 Å². The van der Waals surface area contributed by atoms with Gasteiger partial charge in [0, 0.05) is 45.7 Å². The Bertz CT molecular complexity index is 719. The summed E-state index contributed by atoms with van der Waals surface area (Å²) in [5.74, 6) is 0.998. The highest BCUT2D eigenvalue weighted by molar-refractivity contribution is 5.91. The van der Waals surface area contributed by atoms with Gasteiger partial charge in [-0.05, 0) is 0 Å². The van der Waals surface area contributed by atoms with E-state index in [2.05, 4.69) is 30.7 Å². The van der Waals surface area contributed by atoms with Crippen LogP contribution in [0.4, 0.5) is 0 Å². The van der Waals surface area contributed by atoms with Gasteiger partial charge in [0.25, 0.3) is 5.91 Å². The van der Waals surface area contributed by atoms with Crippen molar-refractivity contribution < 1.29 is 9.32 Å². The Morgan fingerprint density at radius 1 is 1.35 bits per heavy atom. The molecule has 0 atom stereocenters. The Kier molecular flexibility index (Phi) is 5.94. The van der Waals surface area contributed by atoms with Crippen molar-refractivity contribution in [2.45, 2.75) is 32.9 Å². The van der Waals surface area contributed by atoms with Crippen molar-refractivity contribution >= 4 is 5.91 Å². The summed E-state index contributed by atoms with van der Waals surface area (Å²) in [7, 11) is 1.69. The third-order valence-electron chi connectivity index (χ3n) is 4.32.